The summed E-state index contributed by atoms with van der Waals surface area (Å²) in [5.41, 5.74) is 4.15. The zero-order valence-corrected chi connectivity index (χ0v) is 16.0. The van der Waals surface area contributed by atoms with Crippen LogP contribution in [-0.2, 0) is 4.74 Å². The van der Waals surface area contributed by atoms with Crippen LogP contribution >= 0.6 is 11.3 Å². The normalized spacial score (nSPS) is 16.0. The Labute approximate surface area is 156 Å². The van der Waals surface area contributed by atoms with Gasteiger partial charge < -0.3 is 9.47 Å². The molecule has 0 radical (unpaired) electrons. The molecule has 0 spiro atoms. The van der Waals surface area contributed by atoms with E-state index in [1.165, 1.54) is 11.3 Å². The van der Waals surface area contributed by atoms with Gasteiger partial charge in [0.1, 0.15) is 10.6 Å². The Morgan fingerprint density at radius 2 is 2.08 bits per heavy atom. The average Bonchev–Trinajstić information content (AvgIpc) is 3.19. The molecule has 2 heterocycles. The number of carbonyl (C=O) groups is 1. The zero-order chi connectivity index (χ0) is 18.7. The van der Waals surface area contributed by atoms with Gasteiger partial charge in [0.2, 0.25) is 0 Å². The Kier molecular flexibility index (Phi) is 5.41. The molecule has 3 rings (SSSR count). The van der Waals surface area contributed by atoms with Gasteiger partial charge in [-0.3, -0.25) is 15.5 Å². The van der Waals surface area contributed by atoms with Crippen molar-refractivity contribution < 1.29 is 14.3 Å². The number of rotatable bonds is 6. The lowest BCUT2D eigenvalue weighted by Gasteiger charge is -2.13. The number of hydrogen-bond acceptors (Lipinski definition) is 7. The summed E-state index contributed by atoms with van der Waals surface area (Å²) in [6, 6.07) is 7.01. The van der Waals surface area contributed by atoms with Gasteiger partial charge in [0, 0.05) is 5.56 Å². The maximum atomic E-state index is 12.4. The van der Waals surface area contributed by atoms with Gasteiger partial charge in [0.15, 0.2) is 0 Å². The van der Waals surface area contributed by atoms with Crippen LogP contribution in [0.25, 0.3) is 0 Å². The summed E-state index contributed by atoms with van der Waals surface area (Å²) in [4.78, 5) is 17.6. The quantitative estimate of drug-likeness (QED) is 0.812. The molecule has 2 N–H and O–H groups in total. The van der Waals surface area contributed by atoms with Crippen LogP contribution in [0.1, 0.15) is 39.8 Å². The van der Waals surface area contributed by atoms with E-state index in [9.17, 15) is 4.79 Å². The van der Waals surface area contributed by atoms with Crippen molar-refractivity contribution in [2.45, 2.75) is 34.0 Å². The number of aromatic nitrogens is 1. The predicted octanol–water partition coefficient (Wildman–Crippen LogP) is 2.79. The van der Waals surface area contributed by atoms with Crippen LogP contribution in [0.2, 0.25) is 0 Å². The molecular weight excluding hydrogens is 352 g/mol. The van der Waals surface area contributed by atoms with Gasteiger partial charge in [-0.05, 0) is 44.0 Å². The van der Waals surface area contributed by atoms with Gasteiger partial charge in [-0.2, -0.15) is 0 Å². The van der Waals surface area contributed by atoms with Gasteiger partial charge in [0.05, 0.1) is 17.3 Å². The van der Waals surface area contributed by atoms with Gasteiger partial charge in [-0.15, -0.1) is 16.4 Å². The van der Waals surface area contributed by atoms with Crippen molar-refractivity contribution in [1.82, 2.24) is 15.7 Å². The molecular formula is C18H22N4O3S. The Bertz CT molecular complexity index is 814. The molecule has 0 saturated heterocycles. The lowest BCUT2D eigenvalue weighted by molar-refractivity contribution is 0.0801. The van der Waals surface area contributed by atoms with E-state index in [1.54, 1.807) is 24.3 Å². The molecule has 2 aromatic rings. The Balaban J connectivity index is 1.55. The van der Waals surface area contributed by atoms with Crippen LogP contribution in [0.3, 0.4) is 0 Å². The number of amides is 1. The van der Waals surface area contributed by atoms with Crippen molar-refractivity contribution in [1.29, 1.82) is 0 Å². The molecule has 0 aliphatic carbocycles. The number of ether oxygens (including phenoxy) is 2. The average molecular weight is 374 g/mol. The molecule has 0 fully saturated rings. The summed E-state index contributed by atoms with van der Waals surface area (Å²) >= 11 is 1.50. The molecule has 1 aliphatic heterocycles. The van der Waals surface area contributed by atoms with E-state index in [-0.39, 0.29) is 5.91 Å². The smallest absolute Gasteiger partial charge is 0.267 e. The zero-order valence-electron chi connectivity index (χ0n) is 15.2. The van der Waals surface area contributed by atoms with Crippen LogP contribution in [0, 0.1) is 19.8 Å². The standard InChI is InChI=1S/C18H22N4O3S/c1-10(2)9-24-14-7-5-13(6-8-14)16(23)20-18-22-21-17(25-18)15-11(3)19-12(4)26-15/h5-8,10,18,22H,9H2,1-4H3,(H,20,23)/t18-/m1/s1. The van der Waals surface area contributed by atoms with E-state index >= 15 is 0 Å². The number of hydrazone groups is 1. The summed E-state index contributed by atoms with van der Waals surface area (Å²) in [5, 5.41) is 7.83. The second kappa shape index (κ2) is 7.74. The molecule has 1 aromatic carbocycles. The number of aryl methyl sites for hydroxylation is 2. The van der Waals surface area contributed by atoms with E-state index in [1.807, 2.05) is 13.8 Å². The first kappa shape index (κ1) is 18.2. The molecule has 0 unspecified atom stereocenters. The summed E-state index contributed by atoms with van der Waals surface area (Å²) in [6.07, 6.45) is -0.712. The van der Waals surface area contributed by atoms with Crippen molar-refractivity contribution in [3.8, 4) is 5.75 Å². The summed E-state index contributed by atoms with van der Waals surface area (Å²) in [7, 11) is 0. The highest BCUT2D eigenvalue weighted by molar-refractivity contribution is 7.13. The molecule has 1 aliphatic rings. The van der Waals surface area contributed by atoms with E-state index in [0.717, 1.165) is 21.3 Å². The fourth-order valence-corrected chi connectivity index (χ4v) is 3.20. The minimum absolute atomic E-state index is 0.258. The van der Waals surface area contributed by atoms with Crippen molar-refractivity contribution in [2.75, 3.05) is 6.61 Å². The Hall–Kier alpha value is -2.61. The summed E-state index contributed by atoms with van der Waals surface area (Å²) < 4.78 is 11.3. The molecule has 1 amide bonds. The highest BCUT2D eigenvalue weighted by Crippen LogP contribution is 2.20. The molecule has 7 nitrogen and oxygen atoms in total. The Morgan fingerprint density at radius 1 is 1.35 bits per heavy atom. The fraction of sp³-hybridized carbons (Fsp3) is 0.389. The SMILES string of the molecule is Cc1nc(C)c(C2=NN[C@@H](NC(=O)c3ccc(OCC(C)C)cc3)O2)s1. The second-order valence-electron chi connectivity index (χ2n) is 6.39. The van der Waals surface area contributed by atoms with Crippen molar-refractivity contribution in [2.24, 2.45) is 11.0 Å². The van der Waals surface area contributed by atoms with Crippen molar-refractivity contribution >= 4 is 23.1 Å². The molecule has 1 atom stereocenters. The van der Waals surface area contributed by atoms with Crippen LogP contribution in [0.5, 0.6) is 5.75 Å². The molecule has 26 heavy (non-hydrogen) atoms. The first-order valence-corrected chi connectivity index (χ1v) is 9.22. The maximum Gasteiger partial charge on any atom is 0.267 e. The van der Waals surface area contributed by atoms with E-state index < -0.39 is 6.35 Å². The maximum absolute atomic E-state index is 12.4. The lowest BCUT2D eigenvalue weighted by Crippen LogP contribution is -2.42. The van der Waals surface area contributed by atoms with E-state index in [0.29, 0.717) is 24.0 Å². The van der Waals surface area contributed by atoms with Crippen LogP contribution in [0.4, 0.5) is 0 Å². The third-order valence-electron chi connectivity index (χ3n) is 3.57. The van der Waals surface area contributed by atoms with E-state index in [2.05, 4.69) is 34.7 Å². The van der Waals surface area contributed by atoms with Crippen molar-refractivity contribution in [3.05, 3.63) is 45.4 Å². The van der Waals surface area contributed by atoms with Crippen LogP contribution in [0.15, 0.2) is 29.4 Å². The topological polar surface area (TPSA) is 84.8 Å². The number of nitrogens with one attached hydrogen (secondary N) is 2. The minimum Gasteiger partial charge on any atom is -0.493 e. The number of thiazole rings is 1. The minimum atomic E-state index is -0.712. The largest absolute Gasteiger partial charge is 0.493 e. The molecule has 0 saturated carbocycles. The number of nitrogens with zero attached hydrogens (tertiary/aromatic N) is 2. The molecule has 8 heteroatoms. The Morgan fingerprint density at radius 3 is 2.69 bits per heavy atom. The van der Waals surface area contributed by atoms with Gasteiger partial charge >= 0.3 is 0 Å². The first-order chi connectivity index (χ1) is 12.4. The fourth-order valence-electron chi connectivity index (χ4n) is 2.35. The summed E-state index contributed by atoms with van der Waals surface area (Å²) in [5.74, 6) is 1.37. The highest BCUT2D eigenvalue weighted by Gasteiger charge is 2.25. The molecule has 1 aromatic heterocycles. The number of benzene rings is 1. The summed E-state index contributed by atoms with van der Waals surface area (Å²) in [6.45, 7) is 8.64. The van der Waals surface area contributed by atoms with Gasteiger partial charge in [-0.25, -0.2) is 4.98 Å². The van der Waals surface area contributed by atoms with E-state index in [4.69, 9.17) is 9.47 Å². The molecule has 138 valence electrons. The number of carbonyl (C=O) groups excluding carboxylic acids is 1. The lowest BCUT2D eigenvalue weighted by atomic mass is 10.2. The monoisotopic (exact) mass is 374 g/mol. The highest BCUT2D eigenvalue weighted by atomic mass is 32.1. The number of hydrogen-bond donors (Lipinski definition) is 2. The third-order valence-corrected chi connectivity index (χ3v) is 4.63. The first-order valence-electron chi connectivity index (χ1n) is 8.40. The van der Waals surface area contributed by atoms with Crippen LogP contribution in [-0.4, -0.2) is 29.7 Å². The third kappa shape index (κ3) is 4.32. The molecule has 0 bridgehead atoms. The second-order valence-corrected chi connectivity index (χ2v) is 7.60. The predicted molar refractivity (Wildman–Crippen MR) is 100 cm³/mol. The van der Waals surface area contributed by atoms with Gasteiger partial charge in [0.25, 0.3) is 18.2 Å². The van der Waals surface area contributed by atoms with Crippen LogP contribution < -0.4 is 15.5 Å². The van der Waals surface area contributed by atoms with Crippen molar-refractivity contribution in [3.63, 3.8) is 0 Å². The van der Waals surface area contributed by atoms with Gasteiger partial charge in [-0.1, -0.05) is 13.8 Å².